The fourth-order valence-corrected chi connectivity index (χ4v) is 1.79. The van der Waals surface area contributed by atoms with Gasteiger partial charge in [0.25, 0.3) is 0 Å². The third-order valence-electron chi connectivity index (χ3n) is 2.62. The van der Waals surface area contributed by atoms with Crippen LogP contribution in [0.4, 0.5) is 18.9 Å². The molecular formula is C12H10F3N5O2. The van der Waals surface area contributed by atoms with Gasteiger partial charge in [-0.05, 0) is 24.3 Å². The lowest BCUT2D eigenvalue weighted by atomic mass is 10.2. The zero-order chi connectivity index (χ0) is 16.5. The van der Waals surface area contributed by atoms with Crippen LogP contribution in [0.3, 0.4) is 0 Å². The molecule has 116 valence electrons. The fraction of sp³-hybridized carbons (Fsp3) is 0.0833. The SMILES string of the molecule is NC(N)=Nc1ccc(-n2ncc(C(=O)O)c2C(F)(F)F)cc1. The van der Waals surface area contributed by atoms with Crippen molar-refractivity contribution >= 4 is 17.6 Å². The number of rotatable bonds is 3. The Kier molecular flexibility index (Phi) is 3.76. The summed E-state index contributed by atoms with van der Waals surface area (Å²) in [5, 5.41) is 12.3. The van der Waals surface area contributed by atoms with Crippen LogP contribution in [-0.2, 0) is 6.18 Å². The average Bonchev–Trinajstić information content (AvgIpc) is 2.83. The van der Waals surface area contributed by atoms with Crippen LogP contribution < -0.4 is 11.5 Å². The van der Waals surface area contributed by atoms with Crippen LogP contribution in [0.2, 0.25) is 0 Å². The number of alkyl halides is 3. The van der Waals surface area contributed by atoms with Crippen molar-refractivity contribution in [2.24, 2.45) is 16.5 Å². The highest BCUT2D eigenvalue weighted by Gasteiger charge is 2.40. The number of carboxylic acids is 1. The predicted molar refractivity (Wildman–Crippen MR) is 71.0 cm³/mol. The van der Waals surface area contributed by atoms with Crippen molar-refractivity contribution in [1.29, 1.82) is 0 Å². The third-order valence-corrected chi connectivity index (χ3v) is 2.62. The van der Waals surface area contributed by atoms with E-state index < -0.39 is 23.4 Å². The molecule has 7 nitrogen and oxygen atoms in total. The van der Waals surface area contributed by atoms with Gasteiger partial charge in [0.2, 0.25) is 0 Å². The lowest BCUT2D eigenvalue weighted by Gasteiger charge is -2.11. The highest BCUT2D eigenvalue weighted by molar-refractivity contribution is 5.89. The number of halogens is 3. The van der Waals surface area contributed by atoms with Gasteiger partial charge >= 0.3 is 12.1 Å². The number of carboxylic acid groups (broad SMARTS) is 1. The highest BCUT2D eigenvalue weighted by atomic mass is 19.4. The second-order valence-corrected chi connectivity index (χ2v) is 4.17. The van der Waals surface area contributed by atoms with Gasteiger partial charge in [0.1, 0.15) is 5.56 Å². The molecule has 0 aliphatic rings. The number of aliphatic imine (C=N–C) groups is 1. The van der Waals surface area contributed by atoms with Gasteiger partial charge in [-0.3, -0.25) is 0 Å². The average molecular weight is 313 g/mol. The van der Waals surface area contributed by atoms with E-state index in [1.165, 1.54) is 24.3 Å². The first-order valence-corrected chi connectivity index (χ1v) is 5.78. The van der Waals surface area contributed by atoms with E-state index in [-0.39, 0.29) is 11.6 Å². The van der Waals surface area contributed by atoms with Crippen molar-refractivity contribution in [1.82, 2.24) is 9.78 Å². The molecule has 0 spiro atoms. The summed E-state index contributed by atoms with van der Waals surface area (Å²) < 4.78 is 39.7. The molecule has 1 heterocycles. The molecule has 2 rings (SSSR count). The molecular weight excluding hydrogens is 303 g/mol. The molecule has 1 aromatic carbocycles. The molecule has 0 unspecified atom stereocenters. The van der Waals surface area contributed by atoms with Crippen molar-refractivity contribution in [3.8, 4) is 5.69 Å². The molecule has 0 saturated carbocycles. The maximum absolute atomic E-state index is 13.1. The Hall–Kier alpha value is -3.04. The molecule has 1 aromatic heterocycles. The number of guanidine groups is 1. The first-order chi connectivity index (χ1) is 10.2. The minimum Gasteiger partial charge on any atom is -0.478 e. The maximum Gasteiger partial charge on any atom is 0.434 e. The quantitative estimate of drug-likeness (QED) is 0.586. The molecule has 10 heteroatoms. The Morgan fingerprint density at radius 2 is 1.82 bits per heavy atom. The Bertz CT molecular complexity index is 730. The zero-order valence-corrected chi connectivity index (χ0v) is 10.9. The minimum absolute atomic E-state index is 0.0226. The number of aromatic carboxylic acids is 1. The lowest BCUT2D eigenvalue weighted by Crippen LogP contribution is -2.21. The molecule has 5 N–H and O–H groups in total. The summed E-state index contributed by atoms with van der Waals surface area (Å²) in [4.78, 5) is 14.6. The van der Waals surface area contributed by atoms with Gasteiger partial charge in [0.05, 0.1) is 17.6 Å². The Labute approximate surface area is 121 Å². The van der Waals surface area contributed by atoms with E-state index in [2.05, 4.69) is 10.1 Å². The predicted octanol–water partition coefficient (Wildman–Crippen LogP) is 1.49. The molecule has 2 aromatic rings. The number of benzene rings is 1. The van der Waals surface area contributed by atoms with E-state index in [1.807, 2.05) is 0 Å². The summed E-state index contributed by atoms with van der Waals surface area (Å²) in [5.41, 5.74) is 8.44. The van der Waals surface area contributed by atoms with Crippen LogP contribution in [-0.4, -0.2) is 26.8 Å². The minimum atomic E-state index is -4.87. The number of hydrogen-bond acceptors (Lipinski definition) is 3. The van der Waals surface area contributed by atoms with Crippen LogP contribution >= 0.6 is 0 Å². The standard InChI is InChI=1S/C12H10F3N5O2/c13-12(14,15)9-8(10(21)22)5-18-20(9)7-3-1-6(2-4-7)19-11(16)17/h1-5H,(H,21,22)(H4,16,17,19). The van der Waals surface area contributed by atoms with Crippen molar-refractivity contribution in [2.45, 2.75) is 6.18 Å². The van der Waals surface area contributed by atoms with E-state index in [9.17, 15) is 18.0 Å². The van der Waals surface area contributed by atoms with Crippen LogP contribution in [0.25, 0.3) is 5.69 Å². The Balaban J connectivity index is 2.54. The number of aromatic nitrogens is 2. The summed E-state index contributed by atoms with van der Waals surface area (Å²) in [6, 6.07) is 5.32. The van der Waals surface area contributed by atoms with Crippen LogP contribution in [0.5, 0.6) is 0 Å². The third kappa shape index (κ3) is 3.00. The number of nitrogens with zero attached hydrogens (tertiary/aromatic N) is 3. The van der Waals surface area contributed by atoms with E-state index in [1.54, 1.807) is 0 Å². The normalized spacial score (nSPS) is 11.2. The van der Waals surface area contributed by atoms with E-state index in [4.69, 9.17) is 16.6 Å². The van der Waals surface area contributed by atoms with Gasteiger partial charge in [0, 0.05) is 0 Å². The van der Waals surface area contributed by atoms with Crippen LogP contribution in [0.15, 0.2) is 35.5 Å². The largest absolute Gasteiger partial charge is 0.478 e. The monoisotopic (exact) mass is 313 g/mol. The second-order valence-electron chi connectivity index (χ2n) is 4.17. The number of carbonyl (C=O) groups is 1. The Morgan fingerprint density at radius 1 is 1.23 bits per heavy atom. The molecule has 0 aliphatic heterocycles. The first kappa shape index (κ1) is 15.4. The van der Waals surface area contributed by atoms with Crippen molar-refractivity contribution in [2.75, 3.05) is 0 Å². The molecule has 0 fully saturated rings. The molecule has 0 radical (unpaired) electrons. The van der Waals surface area contributed by atoms with E-state index in [0.717, 1.165) is 0 Å². The van der Waals surface area contributed by atoms with Gasteiger partial charge in [-0.15, -0.1) is 0 Å². The van der Waals surface area contributed by atoms with Crippen molar-refractivity contribution in [3.63, 3.8) is 0 Å². The van der Waals surface area contributed by atoms with Gasteiger partial charge < -0.3 is 16.6 Å². The number of hydrogen-bond donors (Lipinski definition) is 3. The van der Waals surface area contributed by atoms with E-state index >= 15 is 0 Å². The van der Waals surface area contributed by atoms with Crippen molar-refractivity contribution in [3.05, 3.63) is 41.7 Å². The Morgan fingerprint density at radius 3 is 2.27 bits per heavy atom. The topological polar surface area (TPSA) is 120 Å². The maximum atomic E-state index is 13.1. The molecule has 0 amide bonds. The molecule has 0 atom stereocenters. The number of nitrogens with two attached hydrogens (primary N) is 2. The molecule has 0 saturated heterocycles. The van der Waals surface area contributed by atoms with Crippen LogP contribution in [0.1, 0.15) is 16.1 Å². The summed E-state index contributed by atoms with van der Waals surface area (Å²) in [6.07, 6.45) is -4.22. The summed E-state index contributed by atoms with van der Waals surface area (Å²) in [6.45, 7) is 0. The fourth-order valence-electron chi connectivity index (χ4n) is 1.79. The zero-order valence-electron chi connectivity index (χ0n) is 10.9. The highest BCUT2D eigenvalue weighted by Crippen LogP contribution is 2.33. The smallest absolute Gasteiger partial charge is 0.434 e. The summed E-state index contributed by atoms with van der Waals surface area (Å²) >= 11 is 0. The van der Waals surface area contributed by atoms with Gasteiger partial charge in [-0.1, -0.05) is 0 Å². The first-order valence-electron chi connectivity index (χ1n) is 5.78. The van der Waals surface area contributed by atoms with Gasteiger partial charge in [0.15, 0.2) is 11.7 Å². The molecule has 22 heavy (non-hydrogen) atoms. The lowest BCUT2D eigenvalue weighted by molar-refractivity contribution is -0.143. The van der Waals surface area contributed by atoms with Crippen molar-refractivity contribution < 1.29 is 23.1 Å². The molecule has 0 aliphatic carbocycles. The van der Waals surface area contributed by atoms with Crippen LogP contribution in [0, 0.1) is 0 Å². The second kappa shape index (κ2) is 5.39. The molecule has 0 bridgehead atoms. The van der Waals surface area contributed by atoms with E-state index in [0.29, 0.717) is 16.6 Å². The van der Waals surface area contributed by atoms with Gasteiger partial charge in [-0.2, -0.15) is 18.3 Å². The van der Waals surface area contributed by atoms with Gasteiger partial charge in [-0.25, -0.2) is 14.5 Å². The summed E-state index contributed by atoms with van der Waals surface area (Å²) in [5.74, 6) is -1.91. The summed E-state index contributed by atoms with van der Waals surface area (Å²) in [7, 11) is 0.